The quantitative estimate of drug-likeness (QED) is 0.842. The highest BCUT2D eigenvalue weighted by Gasteiger charge is 2.14. The molecule has 0 aliphatic heterocycles. The van der Waals surface area contributed by atoms with Gasteiger partial charge in [-0.25, -0.2) is 4.98 Å². The van der Waals surface area contributed by atoms with Crippen LogP contribution in [0.5, 0.6) is 0 Å². The van der Waals surface area contributed by atoms with Gasteiger partial charge in [0, 0.05) is 3.57 Å². The maximum Gasteiger partial charge on any atom is 0.123 e. The SMILES string of the molecule is CC(C)C(N)c1ncc(-c2ccc(I)cc2)[nH]1. The van der Waals surface area contributed by atoms with Crippen LogP contribution in [0.1, 0.15) is 25.7 Å². The molecule has 2 rings (SSSR count). The van der Waals surface area contributed by atoms with E-state index in [0.717, 1.165) is 17.1 Å². The summed E-state index contributed by atoms with van der Waals surface area (Å²) in [7, 11) is 0. The van der Waals surface area contributed by atoms with Crippen molar-refractivity contribution in [2.75, 3.05) is 0 Å². The van der Waals surface area contributed by atoms with E-state index in [1.165, 1.54) is 3.57 Å². The molecule has 0 saturated carbocycles. The number of H-pyrrole nitrogens is 1. The van der Waals surface area contributed by atoms with Gasteiger partial charge in [-0.2, -0.15) is 0 Å². The first-order valence-corrected chi connectivity index (χ1v) is 6.72. The summed E-state index contributed by atoms with van der Waals surface area (Å²) in [6.07, 6.45) is 1.85. The molecule has 2 aromatic rings. The largest absolute Gasteiger partial charge is 0.341 e. The summed E-state index contributed by atoms with van der Waals surface area (Å²) < 4.78 is 1.23. The Kier molecular flexibility index (Phi) is 3.83. The summed E-state index contributed by atoms with van der Waals surface area (Å²) in [4.78, 5) is 7.65. The fourth-order valence-corrected chi connectivity index (χ4v) is 1.96. The lowest BCUT2D eigenvalue weighted by atomic mass is 10.1. The van der Waals surface area contributed by atoms with Crippen LogP contribution >= 0.6 is 22.6 Å². The van der Waals surface area contributed by atoms with Crippen LogP contribution in [0, 0.1) is 9.49 Å². The smallest absolute Gasteiger partial charge is 0.123 e. The van der Waals surface area contributed by atoms with E-state index in [1.54, 1.807) is 0 Å². The minimum Gasteiger partial charge on any atom is -0.341 e. The Morgan fingerprint density at radius 3 is 2.47 bits per heavy atom. The van der Waals surface area contributed by atoms with Crippen molar-refractivity contribution in [3.8, 4) is 11.3 Å². The van der Waals surface area contributed by atoms with Crippen molar-refractivity contribution in [3.05, 3.63) is 39.9 Å². The summed E-state index contributed by atoms with van der Waals surface area (Å²) in [6.45, 7) is 4.19. The summed E-state index contributed by atoms with van der Waals surface area (Å²) in [5.74, 6) is 1.24. The molecule has 1 heterocycles. The van der Waals surface area contributed by atoms with Gasteiger partial charge in [0.15, 0.2) is 0 Å². The molecular formula is C13H16IN3. The van der Waals surface area contributed by atoms with E-state index in [0.29, 0.717) is 5.92 Å². The standard InChI is InChI=1S/C13H16IN3/c1-8(2)12(15)13-16-7-11(17-13)9-3-5-10(14)6-4-9/h3-8,12H,15H2,1-2H3,(H,16,17). The number of rotatable bonds is 3. The first-order chi connectivity index (χ1) is 8.08. The molecule has 1 aromatic carbocycles. The molecule has 3 N–H and O–H groups in total. The number of benzene rings is 1. The lowest BCUT2D eigenvalue weighted by Gasteiger charge is -2.12. The normalized spacial score (nSPS) is 13.0. The molecule has 0 spiro atoms. The number of aromatic amines is 1. The Labute approximate surface area is 115 Å². The fraction of sp³-hybridized carbons (Fsp3) is 0.308. The van der Waals surface area contributed by atoms with Gasteiger partial charge < -0.3 is 10.7 Å². The van der Waals surface area contributed by atoms with E-state index in [1.807, 2.05) is 6.20 Å². The second-order valence-electron chi connectivity index (χ2n) is 4.46. The predicted octanol–water partition coefficient (Wildman–Crippen LogP) is 3.34. The fourth-order valence-electron chi connectivity index (χ4n) is 1.60. The van der Waals surface area contributed by atoms with E-state index in [-0.39, 0.29) is 6.04 Å². The van der Waals surface area contributed by atoms with Gasteiger partial charge in [-0.15, -0.1) is 0 Å². The first kappa shape index (κ1) is 12.6. The minimum absolute atomic E-state index is 0.0346. The lowest BCUT2D eigenvalue weighted by Crippen LogP contribution is -2.18. The molecule has 3 nitrogen and oxygen atoms in total. The molecule has 0 aliphatic carbocycles. The monoisotopic (exact) mass is 341 g/mol. The highest BCUT2D eigenvalue weighted by molar-refractivity contribution is 14.1. The molecule has 17 heavy (non-hydrogen) atoms. The minimum atomic E-state index is -0.0346. The lowest BCUT2D eigenvalue weighted by molar-refractivity contribution is 0.494. The number of nitrogens with two attached hydrogens (primary N) is 1. The van der Waals surface area contributed by atoms with Crippen molar-refractivity contribution in [1.29, 1.82) is 0 Å². The topological polar surface area (TPSA) is 54.7 Å². The van der Waals surface area contributed by atoms with E-state index < -0.39 is 0 Å². The number of imidazole rings is 1. The number of nitrogens with one attached hydrogen (secondary N) is 1. The van der Waals surface area contributed by atoms with Gasteiger partial charge in [0.25, 0.3) is 0 Å². The van der Waals surface area contributed by atoms with Crippen molar-refractivity contribution in [2.45, 2.75) is 19.9 Å². The van der Waals surface area contributed by atoms with Gasteiger partial charge in [-0.1, -0.05) is 26.0 Å². The molecule has 1 unspecified atom stereocenters. The van der Waals surface area contributed by atoms with Crippen LogP contribution in [0.15, 0.2) is 30.5 Å². The van der Waals surface area contributed by atoms with Crippen molar-refractivity contribution in [1.82, 2.24) is 9.97 Å². The molecule has 1 atom stereocenters. The molecule has 0 fully saturated rings. The Morgan fingerprint density at radius 1 is 1.24 bits per heavy atom. The number of aromatic nitrogens is 2. The van der Waals surface area contributed by atoms with Crippen LogP contribution in [0.25, 0.3) is 11.3 Å². The molecule has 1 aromatic heterocycles. The van der Waals surface area contributed by atoms with Gasteiger partial charge in [0.05, 0.1) is 17.9 Å². The van der Waals surface area contributed by atoms with E-state index in [4.69, 9.17) is 5.73 Å². The molecule has 90 valence electrons. The maximum atomic E-state index is 6.06. The zero-order valence-corrected chi connectivity index (χ0v) is 12.1. The van der Waals surface area contributed by atoms with Crippen molar-refractivity contribution in [3.63, 3.8) is 0 Å². The third-order valence-electron chi connectivity index (χ3n) is 2.78. The average molecular weight is 341 g/mol. The third-order valence-corrected chi connectivity index (χ3v) is 3.50. The highest BCUT2D eigenvalue weighted by atomic mass is 127. The van der Waals surface area contributed by atoms with Crippen LogP contribution in [-0.2, 0) is 0 Å². The summed E-state index contributed by atoms with van der Waals surface area (Å²) >= 11 is 2.29. The number of hydrogen-bond donors (Lipinski definition) is 2. The Hall–Kier alpha value is -0.880. The van der Waals surface area contributed by atoms with Crippen LogP contribution < -0.4 is 5.73 Å². The van der Waals surface area contributed by atoms with Crippen LogP contribution in [-0.4, -0.2) is 9.97 Å². The average Bonchev–Trinajstić information content (AvgIpc) is 2.78. The zero-order chi connectivity index (χ0) is 12.4. The van der Waals surface area contributed by atoms with Gasteiger partial charge >= 0.3 is 0 Å². The van der Waals surface area contributed by atoms with Crippen molar-refractivity contribution >= 4 is 22.6 Å². The maximum absolute atomic E-state index is 6.06. The van der Waals surface area contributed by atoms with Gasteiger partial charge in [0.2, 0.25) is 0 Å². The highest BCUT2D eigenvalue weighted by Crippen LogP contribution is 2.22. The second kappa shape index (κ2) is 5.18. The van der Waals surface area contributed by atoms with Gasteiger partial charge in [-0.3, -0.25) is 0 Å². The summed E-state index contributed by atoms with van der Waals surface area (Å²) in [5, 5.41) is 0. The number of hydrogen-bond acceptors (Lipinski definition) is 2. The molecule has 0 aliphatic rings. The second-order valence-corrected chi connectivity index (χ2v) is 5.70. The first-order valence-electron chi connectivity index (χ1n) is 5.64. The molecule has 0 bridgehead atoms. The molecular weight excluding hydrogens is 325 g/mol. The third kappa shape index (κ3) is 2.87. The van der Waals surface area contributed by atoms with E-state index >= 15 is 0 Å². The van der Waals surface area contributed by atoms with E-state index in [9.17, 15) is 0 Å². The van der Waals surface area contributed by atoms with Gasteiger partial charge in [-0.05, 0) is 46.2 Å². The Balaban J connectivity index is 2.26. The van der Waals surface area contributed by atoms with E-state index in [2.05, 4.69) is 70.7 Å². The van der Waals surface area contributed by atoms with Crippen LogP contribution in [0.4, 0.5) is 0 Å². The molecule has 0 amide bonds. The number of nitrogens with zero attached hydrogens (tertiary/aromatic N) is 1. The Morgan fingerprint density at radius 2 is 1.88 bits per heavy atom. The zero-order valence-electron chi connectivity index (χ0n) is 9.94. The van der Waals surface area contributed by atoms with Crippen LogP contribution in [0.2, 0.25) is 0 Å². The van der Waals surface area contributed by atoms with Crippen molar-refractivity contribution < 1.29 is 0 Å². The summed E-state index contributed by atoms with van der Waals surface area (Å²) in [5.41, 5.74) is 8.22. The molecule has 4 heteroatoms. The summed E-state index contributed by atoms with van der Waals surface area (Å²) in [6, 6.07) is 8.30. The molecule has 0 radical (unpaired) electrons. The van der Waals surface area contributed by atoms with Gasteiger partial charge in [0.1, 0.15) is 5.82 Å². The van der Waals surface area contributed by atoms with Crippen molar-refractivity contribution in [2.24, 2.45) is 11.7 Å². The molecule has 0 saturated heterocycles. The Bertz CT molecular complexity index is 488. The predicted molar refractivity (Wildman–Crippen MR) is 78.5 cm³/mol. The van der Waals surface area contributed by atoms with Crippen LogP contribution in [0.3, 0.4) is 0 Å². The number of halogens is 1.